The van der Waals surface area contributed by atoms with E-state index >= 15 is 0 Å². The van der Waals surface area contributed by atoms with Gasteiger partial charge in [-0.05, 0) is 32.7 Å². The maximum atomic E-state index is 14.8. The van der Waals surface area contributed by atoms with E-state index in [1.165, 1.54) is 0 Å². The lowest BCUT2D eigenvalue weighted by Gasteiger charge is -2.26. The van der Waals surface area contributed by atoms with Gasteiger partial charge in [0.15, 0.2) is 0 Å². The average Bonchev–Trinajstić information content (AvgIpc) is 3.51. The maximum Gasteiger partial charge on any atom is 0.261 e. The van der Waals surface area contributed by atoms with Gasteiger partial charge in [-0.2, -0.15) is 0 Å². The van der Waals surface area contributed by atoms with Crippen LogP contribution in [0.3, 0.4) is 0 Å². The Morgan fingerprint density at radius 1 is 0.386 bits per heavy atom. The summed E-state index contributed by atoms with van der Waals surface area (Å²) in [5.41, 5.74) is 6.05. The Hall–Kier alpha value is -5.74. The molecule has 0 radical (unpaired) electrons. The first kappa shape index (κ1) is 25.9. The predicted octanol–water partition coefficient (Wildman–Crippen LogP) is 8.20. The lowest BCUT2D eigenvalue weighted by molar-refractivity contribution is -0.124. The molecule has 0 fully saturated rings. The molecule has 2 heterocycles. The zero-order chi connectivity index (χ0) is 29.6. The van der Waals surface area contributed by atoms with Gasteiger partial charge in [-0.25, -0.2) is 0 Å². The van der Waals surface area contributed by atoms with E-state index in [2.05, 4.69) is 36.4 Å². The molecule has 0 spiro atoms. The molecule has 8 rings (SSSR count). The lowest BCUT2D eigenvalue weighted by atomic mass is 9.96. The van der Waals surface area contributed by atoms with Crippen LogP contribution < -0.4 is 0 Å². The molecule has 0 N–H and O–H groups in total. The van der Waals surface area contributed by atoms with E-state index in [4.69, 9.17) is 0 Å². The molecular formula is C40H28N2O2. The number of hydrogen-bond donors (Lipinski definition) is 0. The summed E-state index contributed by atoms with van der Waals surface area (Å²) in [6.45, 7) is 0.722. The lowest BCUT2D eigenvalue weighted by Crippen LogP contribution is -2.29. The van der Waals surface area contributed by atoms with Crippen LogP contribution in [0.4, 0.5) is 0 Å². The normalized spacial score (nSPS) is 14.8. The Bertz CT molecular complexity index is 2000. The molecule has 0 saturated heterocycles. The molecule has 0 bridgehead atoms. The molecule has 0 aromatic heterocycles. The summed E-state index contributed by atoms with van der Waals surface area (Å²) in [5, 5.41) is 4.13. The van der Waals surface area contributed by atoms with Crippen molar-refractivity contribution in [1.29, 1.82) is 0 Å². The smallest absolute Gasteiger partial charge is 0.261 e. The van der Waals surface area contributed by atoms with E-state index < -0.39 is 0 Å². The van der Waals surface area contributed by atoms with E-state index in [0.29, 0.717) is 35.6 Å². The first-order valence-corrected chi connectivity index (χ1v) is 14.9. The Morgan fingerprint density at radius 2 is 0.750 bits per heavy atom. The van der Waals surface area contributed by atoms with Crippen LogP contribution in [0.25, 0.3) is 32.9 Å². The minimum atomic E-state index is -0.154. The van der Waals surface area contributed by atoms with Crippen LogP contribution in [0.2, 0.25) is 0 Å². The molecule has 2 aliphatic heterocycles. The molecule has 210 valence electrons. The van der Waals surface area contributed by atoms with Gasteiger partial charge in [0.2, 0.25) is 0 Å². The van der Waals surface area contributed by atoms with Crippen molar-refractivity contribution in [3.63, 3.8) is 0 Å². The third-order valence-corrected chi connectivity index (χ3v) is 8.64. The standard InChI is InChI=1S/C40H28N2O2/c43-39-36-35(37(41(39)25-27-13-3-1-4-14-27)33-23-11-19-29-17-7-9-21-31(29)33)40(44)42(26-28-15-5-2-6-16-28)38(36)34-24-12-20-30-18-8-10-22-32(30)34/h1-24H,25-26H2. The van der Waals surface area contributed by atoms with Crippen molar-refractivity contribution in [1.82, 2.24) is 9.80 Å². The third kappa shape index (κ3) is 4.15. The molecule has 0 unspecified atom stereocenters. The topological polar surface area (TPSA) is 40.6 Å². The molecule has 2 amide bonds. The van der Waals surface area contributed by atoms with E-state index in [1.807, 2.05) is 119 Å². The summed E-state index contributed by atoms with van der Waals surface area (Å²) >= 11 is 0. The minimum Gasteiger partial charge on any atom is -0.302 e. The van der Waals surface area contributed by atoms with Crippen LogP contribution in [0.15, 0.2) is 157 Å². The largest absolute Gasteiger partial charge is 0.302 e. The van der Waals surface area contributed by atoms with Gasteiger partial charge in [0.1, 0.15) is 0 Å². The highest BCUT2D eigenvalue weighted by atomic mass is 16.2. The number of benzene rings is 6. The first-order chi connectivity index (χ1) is 21.7. The molecule has 0 atom stereocenters. The molecule has 6 aromatic rings. The van der Waals surface area contributed by atoms with E-state index in [1.54, 1.807) is 0 Å². The SMILES string of the molecule is O=C1C2=C(c3cccc4ccccc34)N(Cc3ccccc3)C(=O)C2=C(c2cccc3ccccc23)N1Cc1ccccc1. The van der Waals surface area contributed by atoms with E-state index in [9.17, 15) is 9.59 Å². The molecule has 4 nitrogen and oxygen atoms in total. The zero-order valence-corrected chi connectivity index (χ0v) is 24.0. The summed E-state index contributed by atoms with van der Waals surface area (Å²) in [5.74, 6) is -0.308. The van der Waals surface area contributed by atoms with Gasteiger partial charge >= 0.3 is 0 Å². The molecule has 0 aliphatic carbocycles. The van der Waals surface area contributed by atoms with Crippen LogP contribution in [-0.2, 0) is 22.7 Å². The zero-order valence-electron chi connectivity index (χ0n) is 24.0. The number of amides is 2. The van der Waals surface area contributed by atoms with Crippen molar-refractivity contribution in [3.8, 4) is 0 Å². The van der Waals surface area contributed by atoms with E-state index in [0.717, 1.165) is 43.8 Å². The molecule has 6 aromatic carbocycles. The van der Waals surface area contributed by atoms with Crippen LogP contribution >= 0.6 is 0 Å². The molecule has 2 aliphatic rings. The Morgan fingerprint density at radius 3 is 1.18 bits per heavy atom. The first-order valence-electron chi connectivity index (χ1n) is 14.9. The number of fused-ring (bicyclic) bond motifs is 3. The number of carbonyl (C=O) groups is 2. The van der Waals surface area contributed by atoms with Gasteiger partial charge in [0.25, 0.3) is 11.8 Å². The molecular weight excluding hydrogens is 540 g/mol. The summed E-state index contributed by atoms with van der Waals surface area (Å²) in [7, 11) is 0. The highest BCUT2D eigenvalue weighted by molar-refractivity contribution is 6.31. The number of nitrogens with zero attached hydrogens (tertiary/aromatic N) is 2. The highest BCUT2D eigenvalue weighted by Crippen LogP contribution is 2.49. The summed E-state index contributed by atoms with van der Waals surface area (Å²) in [4.78, 5) is 33.3. The summed E-state index contributed by atoms with van der Waals surface area (Å²) in [6.07, 6.45) is 0. The van der Waals surface area contributed by atoms with E-state index in [-0.39, 0.29) is 11.8 Å². The van der Waals surface area contributed by atoms with Crippen molar-refractivity contribution in [2.45, 2.75) is 13.1 Å². The minimum absolute atomic E-state index is 0.154. The Balaban J connectivity index is 1.43. The van der Waals surface area contributed by atoms with Gasteiger partial charge in [0, 0.05) is 11.1 Å². The third-order valence-electron chi connectivity index (χ3n) is 8.64. The van der Waals surface area contributed by atoms with Crippen molar-refractivity contribution >= 4 is 44.8 Å². The number of carbonyl (C=O) groups excluding carboxylic acids is 2. The predicted molar refractivity (Wildman–Crippen MR) is 176 cm³/mol. The quantitative estimate of drug-likeness (QED) is 0.203. The summed E-state index contributed by atoms with van der Waals surface area (Å²) < 4.78 is 0. The van der Waals surface area contributed by atoms with Gasteiger partial charge in [0.05, 0.1) is 35.6 Å². The fourth-order valence-electron chi connectivity index (χ4n) is 6.65. The van der Waals surface area contributed by atoms with Crippen LogP contribution in [0.1, 0.15) is 22.3 Å². The van der Waals surface area contributed by atoms with Crippen molar-refractivity contribution in [2.24, 2.45) is 0 Å². The molecule has 44 heavy (non-hydrogen) atoms. The number of rotatable bonds is 6. The fraction of sp³-hybridized carbons (Fsp3) is 0.0500. The van der Waals surface area contributed by atoms with Crippen LogP contribution in [0, 0.1) is 0 Å². The van der Waals surface area contributed by atoms with Crippen LogP contribution in [-0.4, -0.2) is 21.6 Å². The second kappa shape index (κ2) is 10.5. The second-order valence-corrected chi connectivity index (χ2v) is 11.3. The van der Waals surface area contributed by atoms with Gasteiger partial charge in [-0.3, -0.25) is 9.59 Å². The van der Waals surface area contributed by atoms with Crippen molar-refractivity contribution in [3.05, 3.63) is 179 Å². The van der Waals surface area contributed by atoms with Crippen molar-refractivity contribution in [2.75, 3.05) is 0 Å². The Kier molecular flexibility index (Phi) is 6.20. The van der Waals surface area contributed by atoms with Gasteiger partial charge in [-0.1, -0.05) is 146 Å². The highest BCUT2D eigenvalue weighted by Gasteiger charge is 2.49. The Labute approximate surface area is 255 Å². The van der Waals surface area contributed by atoms with Gasteiger partial charge in [-0.15, -0.1) is 0 Å². The molecule has 4 heteroatoms. The monoisotopic (exact) mass is 568 g/mol. The maximum absolute atomic E-state index is 14.8. The average molecular weight is 569 g/mol. The summed E-state index contributed by atoms with van der Waals surface area (Å²) in [6, 6.07) is 48.5. The second-order valence-electron chi connectivity index (χ2n) is 11.3. The van der Waals surface area contributed by atoms with Gasteiger partial charge < -0.3 is 9.80 Å². The fourth-order valence-corrected chi connectivity index (χ4v) is 6.65. The van der Waals surface area contributed by atoms with Crippen LogP contribution in [0.5, 0.6) is 0 Å². The van der Waals surface area contributed by atoms with Crippen molar-refractivity contribution < 1.29 is 9.59 Å². The molecule has 0 saturated carbocycles. The number of hydrogen-bond acceptors (Lipinski definition) is 2.